The Bertz CT molecular complexity index is 1830. The second-order valence-corrected chi connectivity index (χ2v) is 9.09. The number of aromatic amines is 1. The summed E-state index contributed by atoms with van der Waals surface area (Å²) in [6, 6.07) is 19.7. The number of para-hydroxylation sites is 1. The Hall–Kier alpha value is -5.45. The van der Waals surface area contributed by atoms with Crippen LogP contribution in [0.2, 0.25) is 0 Å². The lowest BCUT2D eigenvalue weighted by molar-refractivity contribution is 0.0954. The number of hydrogen-bond donors (Lipinski definition) is 4. The standard InChI is InChI=1S/C29H25FN8O2/c1-2-14-32-28(39)20-15-38-26(27(31)33-16-34-38)23(20)17-8-10-18(11-9-17)35-29-36-21-12-13-22(24(30)25(21)37-29)40-19-6-4-3-5-7-19/h3-13,15-16H,2,14H2,1H3,(H,32,39)(H2,31,33,34)(H2,35,36,37). The van der Waals surface area contributed by atoms with E-state index in [4.69, 9.17) is 10.5 Å². The van der Waals surface area contributed by atoms with E-state index in [0.717, 1.165) is 12.0 Å². The van der Waals surface area contributed by atoms with Gasteiger partial charge in [0.1, 0.15) is 23.1 Å². The highest BCUT2D eigenvalue weighted by Gasteiger charge is 2.21. The minimum atomic E-state index is -0.560. The van der Waals surface area contributed by atoms with Crippen molar-refractivity contribution in [3.05, 3.63) is 90.6 Å². The molecule has 0 aliphatic carbocycles. The summed E-state index contributed by atoms with van der Waals surface area (Å²) in [5, 5.41) is 10.3. The molecule has 0 saturated carbocycles. The lowest BCUT2D eigenvalue weighted by Gasteiger charge is -2.08. The SMILES string of the molecule is CCCNC(=O)c1cn2ncnc(N)c2c1-c1ccc(Nc2nc3c(F)c(Oc4ccccc4)ccc3[nH]2)cc1. The van der Waals surface area contributed by atoms with Gasteiger partial charge in [-0.1, -0.05) is 37.3 Å². The zero-order valence-corrected chi connectivity index (χ0v) is 21.5. The molecular weight excluding hydrogens is 511 g/mol. The van der Waals surface area contributed by atoms with E-state index in [1.165, 1.54) is 6.33 Å². The molecule has 1 amide bonds. The topological polar surface area (TPSA) is 135 Å². The molecule has 3 heterocycles. The Kier molecular flexibility index (Phi) is 6.44. The lowest BCUT2D eigenvalue weighted by atomic mass is 10.0. The molecule has 0 unspecified atom stereocenters. The maximum Gasteiger partial charge on any atom is 0.253 e. The number of nitrogens with zero attached hydrogens (tertiary/aromatic N) is 4. The van der Waals surface area contributed by atoms with E-state index in [-0.39, 0.29) is 23.0 Å². The third-order valence-corrected chi connectivity index (χ3v) is 6.35. The first-order chi connectivity index (χ1) is 19.5. The van der Waals surface area contributed by atoms with Gasteiger partial charge in [0.25, 0.3) is 5.91 Å². The summed E-state index contributed by atoms with van der Waals surface area (Å²) in [6.45, 7) is 2.53. The van der Waals surface area contributed by atoms with Crippen LogP contribution in [0, 0.1) is 5.82 Å². The number of H-pyrrole nitrogens is 1. The number of imidazole rings is 1. The number of aromatic nitrogens is 5. The van der Waals surface area contributed by atoms with Gasteiger partial charge in [0, 0.05) is 24.0 Å². The Balaban J connectivity index is 1.28. The molecule has 0 radical (unpaired) electrons. The third-order valence-electron chi connectivity index (χ3n) is 6.35. The molecule has 200 valence electrons. The first kappa shape index (κ1) is 24.9. The van der Waals surface area contributed by atoms with Gasteiger partial charge in [-0.05, 0) is 48.4 Å². The second-order valence-electron chi connectivity index (χ2n) is 9.09. The number of benzene rings is 3. The molecule has 3 aromatic heterocycles. The Morgan fingerprint density at radius 2 is 1.90 bits per heavy atom. The molecule has 40 heavy (non-hydrogen) atoms. The minimum Gasteiger partial charge on any atom is -0.454 e. The number of halogens is 1. The molecule has 0 fully saturated rings. The van der Waals surface area contributed by atoms with E-state index in [0.29, 0.717) is 46.1 Å². The van der Waals surface area contributed by atoms with Crippen LogP contribution in [0.25, 0.3) is 27.7 Å². The van der Waals surface area contributed by atoms with Crippen LogP contribution >= 0.6 is 0 Å². The van der Waals surface area contributed by atoms with Crippen molar-refractivity contribution in [3.8, 4) is 22.6 Å². The maximum absolute atomic E-state index is 15.2. The molecule has 0 atom stereocenters. The molecule has 0 aliphatic heterocycles. The summed E-state index contributed by atoms with van der Waals surface area (Å²) in [7, 11) is 0. The first-order valence-corrected chi connectivity index (χ1v) is 12.7. The van der Waals surface area contributed by atoms with Crippen molar-refractivity contribution >= 4 is 39.9 Å². The molecular formula is C29H25FN8O2. The summed E-state index contributed by atoms with van der Waals surface area (Å²) in [6.07, 6.45) is 3.81. The van der Waals surface area contributed by atoms with E-state index in [2.05, 4.69) is 30.7 Å². The Labute approximate surface area is 228 Å². The van der Waals surface area contributed by atoms with E-state index >= 15 is 4.39 Å². The molecule has 3 aromatic carbocycles. The molecule has 0 saturated heterocycles. The van der Waals surface area contributed by atoms with Crippen molar-refractivity contribution in [2.75, 3.05) is 17.6 Å². The number of nitrogen functional groups attached to an aromatic ring is 1. The zero-order valence-electron chi connectivity index (χ0n) is 21.5. The van der Waals surface area contributed by atoms with Crippen molar-refractivity contribution in [1.29, 1.82) is 0 Å². The number of nitrogens with one attached hydrogen (secondary N) is 3. The Morgan fingerprint density at radius 3 is 2.67 bits per heavy atom. The summed E-state index contributed by atoms with van der Waals surface area (Å²) >= 11 is 0. The van der Waals surface area contributed by atoms with E-state index in [9.17, 15) is 4.79 Å². The quantitative estimate of drug-likeness (QED) is 0.197. The monoisotopic (exact) mass is 536 g/mol. The highest BCUT2D eigenvalue weighted by molar-refractivity contribution is 6.07. The summed E-state index contributed by atoms with van der Waals surface area (Å²) in [5.74, 6) is 0.471. The third kappa shape index (κ3) is 4.64. The number of carbonyl (C=O) groups is 1. The van der Waals surface area contributed by atoms with Gasteiger partial charge < -0.3 is 26.1 Å². The van der Waals surface area contributed by atoms with Gasteiger partial charge >= 0.3 is 0 Å². The molecule has 0 aliphatic rings. The minimum absolute atomic E-state index is 0.0860. The van der Waals surface area contributed by atoms with Crippen LogP contribution in [0.5, 0.6) is 11.5 Å². The fourth-order valence-electron chi connectivity index (χ4n) is 4.47. The number of fused-ring (bicyclic) bond motifs is 2. The predicted molar refractivity (Wildman–Crippen MR) is 151 cm³/mol. The highest BCUT2D eigenvalue weighted by Crippen LogP contribution is 2.34. The zero-order chi connectivity index (χ0) is 27.6. The smallest absolute Gasteiger partial charge is 0.253 e. The van der Waals surface area contributed by atoms with Crippen LogP contribution in [0.15, 0.2) is 79.3 Å². The van der Waals surface area contributed by atoms with E-state index in [1.807, 2.05) is 49.4 Å². The molecule has 0 bridgehead atoms. The van der Waals surface area contributed by atoms with Gasteiger partial charge in [-0.3, -0.25) is 4.79 Å². The molecule has 0 spiro atoms. The second kappa shape index (κ2) is 10.4. The first-order valence-electron chi connectivity index (χ1n) is 12.7. The summed E-state index contributed by atoms with van der Waals surface area (Å²) in [4.78, 5) is 24.5. The van der Waals surface area contributed by atoms with Crippen molar-refractivity contribution in [2.45, 2.75) is 13.3 Å². The number of ether oxygens (including phenoxy) is 1. The molecule has 6 aromatic rings. The largest absolute Gasteiger partial charge is 0.454 e. The lowest BCUT2D eigenvalue weighted by Crippen LogP contribution is -2.24. The molecule has 10 nitrogen and oxygen atoms in total. The van der Waals surface area contributed by atoms with Crippen molar-refractivity contribution in [1.82, 2.24) is 29.9 Å². The van der Waals surface area contributed by atoms with Crippen LogP contribution in [-0.4, -0.2) is 37.0 Å². The maximum atomic E-state index is 15.2. The Morgan fingerprint density at radius 1 is 1.10 bits per heavy atom. The summed E-state index contributed by atoms with van der Waals surface area (Å²) in [5.41, 5.74) is 9.95. The number of amides is 1. The fraction of sp³-hybridized carbons (Fsp3) is 0.103. The normalized spacial score (nSPS) is 11.2. The van der Waals surface area contributed by atoms with Crippen LogP contribution in [0.1, 0.15) is 23.7 Å². The number of rotatable bonds is 8. The summed E-state index contributed by atoms with van der Waals surface area (Å²) < 4.78 is 22.4. The van der Waals surface area contributed by atoms with Crippen LogP contribution in [-0.2, 0) is 0 Å². The number of anilines is 3. The van der Waals surface area contributed by atoms with Gasteiger partial charge in [0.15, 0.2) is 17.4 Å². The van der Waals surface area contributed by atoms with Crippen LogP contribution in [0.3, 0.4) is 0 Å². The van der Waals surface area contributed by atoms with Gasteiger partial charge in [-0.15, -0.1) is 0 Å². The fourth-order valence-corrected chi connectivity index (χ4v) is 4.47. The predicted octanol–water partition coefficient (Wildman–Crippen LogP) is 5.67. The number of hydrogen-bond acceptors (Lipinski definition) is 7. The van der Waals surface area contributed by atoms with E-state index in [1.54, 1.807) is 35.0 Å². The number of carbonyl (C=O) groups excluding carboxylic acids is 1. The number of nitrogens with two attached hydrogens (primary N) is 1. The van der Waals surface area contributed by atoms with Crippen molar-refractivity contribution < 1.29 is 13.9 Å². The van der Waals surface area contributed by atoms with Gasteiger partial charge in [0.05, 0.1) is 11.1 Å². The molecule has 5 N–H and O–H groups in total. The van der Waals surface area contributed by atoms with Crippen molar-refractivity contribution in [3.63, 3.8) is 0 Å². The molecule has 6 rings (SSSR count). The van der Waals surface area contributed by atoms with E-state index < -0.39 is 5.82 Å². The van der Waals surface area contributed by atoms with Crippen LogP contribution in [0.4, 0.5) is 21.8 Å². The average molecular weight is 537 g/mol. The van der Waals surface area contributed by atoms with Gasteiger partial charge in [-0.2, -0.15) is 5.10 Å². The van der Waals surface area contributed by atoms with Crippen molar-refractivity contribution in [2.24, 2.45) is 0 Å². The van der Waals surface area contributed by atoms with Gasteiger partial charge in [0.2, 0.25) is 5.95 Å². The van der Waals surface area contributed by atoms with Crippen LogP contribution < -0.4 is 21.1 Å². The van der Waals surface area contributed by atoms with Gasteiger partial charge in [-0.25, -0.2) is 18.9 Å². The molecule has 11 heteroatoms. The highest BCUT2D eigenvalue weighted by atomic mass is 19.1. The average Bonchev–Trinajstić information content (AvgIpc) is 3.57.